The Balaban J connectivity index is 1.89. The number of rotatable bonds is 6. The number of nitro groups is 1. The Bertz CT molecular complexity index is 714. The fourth-order valence-corrected chi connectivity index (χ4v) is 2.40. The lowest BCUT2D eigenvalue weighted by molar-refractivity contribution is -0.385. The van der Waals surface area contributed by atoms with Crippen LogP contribution in [0.3, 0.4) is 0 Å². The van der Waals surface area contributed by atoms with Crippen LogP contribution in [0.15, 0.2) is 42.5 Å². The number of nitro benzene ring substituents is 1. The SMILES string of the molecule is Cc1c(NC(=O)CCCc2ccc(Cl)cc2)cccc1[N+](=O)[O-]. The summed E-state index contributed by atoms with van der Waals surface area (Å²) in [6.07, 6.45) is 1.82. The predicted molar refractivity (Wildman–Crippen MR) is 90.9 cm³/mol. The van der Waals surface area contributed by atoms with Crippen LogP contribution in [0.2, 0.25) is 5.02 Å². The average molecular weight is 333 g/mol. The maximum absolute atomic E-state index is 12.0. The molecule has 0 aliphatic rings. The summed E-state index contributed by atoms with van der Waals surface area (Å²) in [6, 6.07) is 12.2. The van der Waals surface area contributed by atoms with Crippen LogP contribution in [-0.4, -0.2) is 10.8 Å². The second kappa shape index (κ2) is 7.74. The highest BCUT2D eigenvalue weighted by Crippen LogP contribution is 2.25. The Morgan fingerprint density at radius 2 is 1.91 bits per heavy atom. The molecule has 0 saturated heterocycles. The van der Waals surface area contributed by atoms with Crippen molar-refractivity contribution in [3.8, 4) is 0 Å². The van der Waals surface area contributed by atoms with Crippen molar-refractivity contribution < 1.29 is 9.72 Å². The molecule has 120 valence electrons. The molecule has 6 heteroatoms. The van der Waals surface area contributed by atoms with Gasteiger partial charge in [-0.05, 0) is 43.5 Å². The first kappa shape index (κ1) is 17.0. The molecule has 0 aromatic heterocycles. The van der Waals surface area contributed by atoms with Crippen molar-refractivity contribution in [2.24, 2.45) is 0 Å². The minimum absolute atomic E-state index is 0.00367. The molecule has 2 rings (SSSR count). The lowest BCUT2D eigenvalue weighted by Gasteiger charge is -2.08. The van der Waals surface area contributed by atoms with E-state index in [0.29, 0.717) is 29.1 Å². The molecule has 5 nitrogen and oxygen atoms in total. The fraction of sp³-hybridized carbons (Fsp3) is 0.235. The van der Waals surface area contributed by atoms with E-state index >= 15 is 0 Å². The molecule has 0 bridgehead atoms. The van der Waals surface area contributed by atoms with Gasteiger partial charge in [0.05, 0.1) is 16.2 Å². The van der Waals surface area contributed by atoms with Gasteiger partial charge in [0.25, 0.3) is 5.69 Å². The number of carbonyl (C=O) groups is 1. The first-order chi connectivity index (χ1) is 11.0. The van der Waals surface area contributed by atoms with Gasteiger partial charge in [-0.25, -0.2) is 0 Å². The van der Waals surface area contributed by atoms with E-state index in [2.05, 4.69) is 5.32 Å². The van der Waals surface area contributed by atoms with E-state index in [9.17, 15) is 14.9 Å². The van der Waals surface area contributed by atoms with Crippen LogP contribution in [0.25, 0.3) is 0 Å². The summed E-state index contributed by atoms with van der Waals surface area (Å²) < 4.78 is 0. The lowest BCUT2D eigenvalue weighted by Crippen LogP contribution is -2.13. The third-order valence-electron chi connectivity index (χ3n) is 3.56. The van der Waals surface area contributed by atoms with E-state index in [1.807, 2.05) is 24.3 Å². The predicted octanol–water partition coefficient (Wildman–Crippen LogP) is 4.52. The summed E-state index contributed by atoms with van der Waals surface area (Å²) in [5.41, 5.74) is 2.07. The number of nitrogens with zero attached hydrogens (tertiary/aromatic N) is 1. The van der Waals surface area contributed by atoms with Gasteiger partial charge in [0.15, 0.2) is 0 Å². The molecule has 0 spiro atoms. The molecule has 0 saturated carbocycles. The smallest absolute Gasteiger partial charge is 0.274 e. The zero-order valence-electron chi connectivity index (χ0n) is 12.7. The molecule has 2 aromatic carbocycles. The molecule has 1 N–H and O–H groups in total. The molecular formula is C17H17ClN2O3. The van der Waals surface area contributed by atoms with E-state index in [-0.39, 0.29) is 11.6 Å². The van der Waals surface area contributed by atoms with Gasteiger partial charge in [-0.15, -0.1) is 0 Å². The lowest BCUT2D eigenvalue weighted by atomic mass is 10.1. The van der Waals surface area contributed by atoms with Gasteiger partial charge < -0.3 is 5.32 Å². The first-order valence-corrected chi connectivity index (χ1v) is 7.63. The number of nitrogens with one attached hydrogen (secondary N) is 1. The third-order valence-corrected chi connectivity index (χ3v) is 3.81. The molecule has 23 heavy (non-hydrogen) atoms. The second-order valence-corrected chi connectivity index (χ2v) is 5.67. The van der Waals surface area contributed by atoms with Gasteiger partial charge in [0.1, 0.15) is 0 Å². The molecule has 0 atom stereocenters. The van der Waals surface area contributed by atoms with Crippen LogP contribution in [0, 0.1) is 17.0 Å². The van der Waals surface area contributed by atoms with Crippen molar-refractivity contribution in [1.29, 1.82) is 0 Å². The van der Waals surface area contributed by atoms with E-state index < -0.39 is 4.92 Å². The van der Waals surface area contributed by atoms with Crippen molar-refractivity contribution in [1.82, 2.24) is 0 Å². The zero-order chi connectivity index (χ0) is 16.8. The summed E-state index contributed by atoms with van der Waals surface area (Å²) in [5.74, 6) is -0.150. The number of amides is 1. The van der Waals surface area contributed by atoms with Gasteiger partial charge in [0.2, 0.25) is 5.91 Å². The number of hydrogen-bond donors (Lipinski definition) is 1. The largest absolute Gasteiger partial charge is 0.326 e. The normalized spacial score (nSPS) is 10.3. The molecular weight excluding hydrogens is 316 g/mol. The van der Waals surface area contributed by atoms with Gasteiger partial charge in [0, 0.05) is 17.5 Å². The summed E-state index contributed by atoms with van der Waals surface area (Å²) in [5, 5.41) is 14.3. The van der Waals surface area contributed by atoms with Crippen molar-refractivity contribution >= 4 is 28.9 Å². The summed E-state index contributed by atoms with van der Waals surface area (Å²) in [7, 11) is 0. The summed E-state index contributed by atoms with van der Waals surface area (Å²) >= 11 is 5.82. The number of hydrogen-bond acceptors (Lipinski definition) is 3. The van der Waals surface area contributed by atoms with Crippen molar-refractivity contribution in [3.05, 3.63) is 68.7 Å². The number of aryl methyl sites for hydroxylation is 1. The minimum atomic E-state index is -0.453. The highest BCUT2D eigenvalue weighted by Gasteiger charge is 2.14. The Hall–Kier alpha value is -2.40. The average Bonchev–Trinajstić information content (AvgIpc) is 2.51. The highest BCUT2D eigenvalue weighted by atomic mass is 35.5. The molecule has 0 fully saturated rings. The second-order valence-electron chi connectivity index (χ2n) is 5.24. The quantitative estimate of drug-likeness (QED) is 0.624. The van der Waals surface area contributed by atoms with Crippen LogP contribution < -0.4 is 5.32 Å². The Morgan fingerprint density at radius 3 is 2.57 bits per heavy atom. The standard InChI is InChI=1S/C17H17ClN2O3/c1-12-15(5-3-6-16(12)20(22)23)19-17(21)7-2-4-13-8-10-14(18)11-9-13/h3,5-6,8-11H,2,4,7H2,1H3,(H,19,21). The minimum Gasteiger partial charge on any atom is -0.326 e. The van der Waals surface area contributed by atoms with Gasteiger partial charge in [-0.1, -0.05) is 29.8 Å². The maximum atomic E-state index is 12.0. The van der Waals surface area contributed by atoms with Crippen molar-refractivity contribution in [3.63, 3.8) is 0 Å². The molecule has 0 aliphatic heterocycles. The Labute approximate surface area is 139 Å². The van der Waals surface area contributed by atoms with Crippen LogP contribution in [-0.2, 0) is 11.2 Å². The van der Waals surface area contributed by atoms with E-state index in [4.69, 9.17) is 11.6 Å². The molecule has 0 radical (unpaired) electrons. The number of halogens is 1. The van der Waals surface area contributed by atoms with Gasteiger partial charge in [-0.2, -0.15) is 0 Å². The van der Waals surface area contributed by atoms with Crippen LogP contribution in [0.1, 0.15) is 24.0 Å². The van der Waals surface area contributed by atoms with Crippen LogP contribution >= 0.6 is 11.6 Å². The molecule has 0 aliphatic carbocycles. The molecule has 2 aromatic rings. The zero-order valence-corrected chi connectivity index (χ0v) is 13.5. The van der Waals surface area contributed by atoms with E-state index in [0.717, 1.165) is 12.0 Å². The Morgan fingerprint density at radius 1 is 1.22 bits per heavy atom. The van der Waals surface area contributed by atoms with Crippen molar-refractivity contribution in [2.75, 3.05) is 5.32 Å². The van der Waals surface area contributed by atoms with Crippen LogP contribution in [0.5, 0.6) is 0 Å². The van der Waals surface area contributed by atoms with Gasteiger partial charge >= 0.3 is 0 Å². The van der Waals surface area contributed by atoms with Gasteiger partial charge in [-0.3, -0.25) is 14.9 Å². The highest BCUT2D eigenvalue weighted by molar-refractivity contribution is 6.30. The molecule has 1 amide bonds. The molecule has 0 heterocycles. The number of carbonyl (C=O) groups excluding carboxylic acids is 1. The van der Waals surface area contributed by atoms with E-state index in [1.165, 1.54) is 6.07 Å². The number of anilines is 1. The summed E-state index contributed by atoms with van der Waals surface area (Å²) in [6.45, 7) is 1.63. The van der Waals surface area contributed by atoms with Crippen LogP contribution in [0.4, 0.5) is 11.4 Å². The molecule has 0 unspecified atom stereocenters. The van der Waals surface area contributed by atoms with Crippen molar-refractivity contribution in [2.45, 2.75) is 26.2 Å². The monoisotopic (exact) mass is 332 g/mol. The Kier molecular flexibility index (Phi) is 5.71. The van der Waals surface area contributed by atoms with E-state index in [1.54, 1.807) is 19.1 Å². The third kappa shape index (κ3) is 4.79. The topological polar surface area (TPSA) is 72.2 Å². The maximum Gasteiger partial charge on any atom is 0.274 e. The first-order valence-electron chi connectivity index (χ1n) is 7.25. The summed E-state index contributed by atoms with van der Waals surface area (Å²) in [4.78, 5) is 22.4. The number of benzene rings is 2. The fourth-order valence-electron chi connectivity index (χ4n) is 2.27.